The summed E-state index contributed by atoms with van der Waals surface area (Å²) in [7, 11) is 0. The lowest BCUT2D eigenvalue weighted by atomic mass is 9.76. The van der Waals surface area contributed by atoms with Crippen molar-refractivity contribution >= 4 is 11.9 Å². The molecular weight excluding hydrogens is 272 g/mol. The second kappa shape index (κ2) is 6.95. The van der Waals surface area contributed by atoms with E-state index >= 15 is 0 Å². The van der Waals surface area contributed by atoms with E-state index in [1.807, 2.05) is 0 Å². The Morgan fingerprint density at radius 1 is 0.850 bits per heavy atom. The summed E-state index contributed by atoms with van der Waals surface area (Å²) in [6.07, 6.45) is -3.63. The molecule has 0 aromatic rings. The summed E-state index contributed by atoms with van der Waals surface area (Å²) < 4.78 is 0. The first kappa shape index (κ1) is 16.8. The molecule has 9 nitrogen and oxygen atoms in total. The van der Waals surface area contributed by atoms with Gasteiger partial charge in [-0.2, -0.15) is 0 Å². The molecule has 1 aliphatic rings. The van der Waals surface area contributed by atoms with E-state index < -0.39 is 61.3 Å². The van der Waals surface area contributed by atoms with Gasteiger partial charge in [0.15, 0.2) is 0 Å². The molecule has 7 N–H and O–H groups in total. The topological polar surface area (TPSA) is 159 Å². The molecule has 1 rings (SSSR count). The maximum absolute atomic E-state index is 10.5. The molecule has 0 spiro atoms. The number of nitrogens with one attached hydrogen (secondary N) is 2. The average Bonchev–Trinajstić information content (AvgIpc) is 2.35. The first-order chi connectivity index (χ1) is 9.25. The molecule has 1 aliphatic carbocycles. The molecule has 4 unspecified atom stereocenters. The van der Waals surface area contributed by atoms with Crippen molar-refractivity contribution in [2.24, 2.45) is 5.92 Å². The van der Waals surface area contributed by atoms with E-state index in [0.29, 0.717) is 0 Å². The van der Waals surface area contributed by atoms with Crippen LogP contribution in [0.4, 0.5) is 0 Å². The molecule has 4 atom stereocenters. The van der Waals surface area contributed by atoms with E-state index in [4.69, 9.17) is 10.2 Å². The van der Waals surface area contributed by atoms with Gasteiger partial charge >= 0.3 is 11.9 Å². The summed E-state index contributed by atoms with van der Waals surface area (Å²) in [5.41, 5.74) is 0. The Morgan fingerprint density at radius 3 is 1.50 bits per heavy atom. The summed E-state index contributed by atoms with van der Waals surface area (Å²) in [5.74, 6) is -2.97. The third-order valence-corrected chi connectivity index (χ3v) is 3.53. The van der Waals surface area contributed by atoms with Crippen molar-refractivity contribution in [3.05, 3.63) is 0 Å². The molecule has 0 heterocycles. The van der Waals surface area contributed by atoms with Gasteiger partial charge in [0.05, 0.1) is 43.5 Å². The van der Waals surface area contributed by atoms with Crippen LogP contribution in [0.1, 0.15) is 6.92 Å². The summed E-state index contributed by atoms with van der Waals surface area (Å²) in [6.45, 7) is 0.604. The second-order valence-corrected chi connectivity index (χ2v) is 4.93. The zero-order valence-corrected chi connectivity index (χ0v) is 10.9. The van der Waals surface area contributed by atoms with Crippen molar-refractivity contribution in [2.75, 3.05) is 13.1 Å². The van der Waals surface area contributed by atoms with Gasteiger partial charge < -0.3 is 25.5 Å². The van der Waals surface area contributed by atoms with Crippen LogP contribution in [-0.2, 0) is 9.59 Å². The van der Waals surface area contributed by atoms with Crippen LogP contribution in [0.3, 0.4) is 0 Å². The number of hydrogen-bond donors (Lipinski definition) is 7. The lowest BCUT2D eigenvalue weighted by Gasteiger charge is -2.45. The zero-order chi connectivity index (χ0) is 15.4. The Kier molecular flexibility index (Phi) is 5.84. The van der Waals surface area contributed by atoms with Crippen LogP contribution in [0.5, 0.6) is 0 Å². The molecule has 1 saturated carbocycles. The molecule has 116 valence electrons. The fraction of sp³-hybridized carbons (Fsp3) is 0.818. The van der Waals surface area contributed by atoms with Gasteiger partial charge in [0.25, 0.3) is 0 Å². The summed E-state index contributed by atoms with van der Waals surface area (Å²) >= 11 is 0. The van der Waals surface area contributed by atoms with Crippen LogP contribution in [0.25, 0.3) is 0 Å². The van der Waals surface area contributed by atoms with E-state index in [2.05, 4.69) is 10.6 Å². The van der Waals surface area contributed by atoms with Crippen molar-refractivity contribution in [2.45, 2.75) is 37.3 Å². The Labute approximate surface area is 115 Å². The maximum atomic E-state index is 10.5. The highest BCUT2D eigenvalue weighted by Gasteiger charge is 2.47. The highest BCUT2D eigenvalue weighted by molar-refractivity contribution is 5.69. The van der Waals surface area contributed by atoms with Crippen molar-refractivity contribution in [1.29, 1.82) is 0 Å². The number of carbonyl (C=O) groups is 2. The normalized spacial score (nSPS) is 37.6. The van der Waals surface area contributed by atoms with Crippen molar-refractivity contribution in [3.8, 4) is 0 Å². The lowest BCUT2D eigenvalue weighted by molar-refractivity contribution is -0.139. The van der Waals surface area contributed by atoms with E-state index in [1.54, 1.807) is 0 Å². The fourth-order valence-electron chi connectivity index (χ4n) is 2.38. The van der Waals surface area contributed by atoms with E-state index in [1.165, 1.54) is 6.92 Å². The smallest absolute Gasteiger partial charge is 0.317 e. The second-order valence-electron chi connectivity index (χ2n) is 4.93. The van der Waals surface area contributed by atoms with Gasteiger partial charge in [-0.15, -0.1) is 0 Å². The van der Waals surface area contributed by atoms with Gasteiger partial charge in [0.2, 0.25) is 0 Å². The number of aliphatic hydroxyl groups is 3. The number of rotatable bonds is 6. The van der Waals surface area contributed by atoms with Gasteiger partial charge in [-0.25, -0.2) is 0 Å². The molecular formula is C11H20N2O7. The minimum Gasteiger partial charge on any atom is -0.480 e. The van der Waals surface area contributed by atoms with Gasteiger partial charge in [-0.05, 0) is 0 Å². The average molecular weight is 292 g/mol. The molecule has 0 aromatic carbocycles. The molecule has 0 amide bonds. The van der Waals surface area contributed by atoms with Crippen LogP contribution in [0, 0.1) is 5.92 Å². The molecule has 0 aliphatic heterocycles. The van der Waals surface area contributed by atoms with Crippen LogP contribution in [0.2, 0.25) is 0 Å². The van der Waals surface area contributed by atoms with Gasteiger partial charge in [0, 0.05) is 5.92 Å². The predicted octanol–water partition coefficient (Wildman–Crippen LogP) is -3.20. The molecule has 1 fully saturated rings. The number of aliphatic carboxylic acids is 2. The quantitative estimate of drug-likeness (QED) is 0.267. The molecule has 20 heavy (non-hydrogen) atoms. The first-order valence-corrected chi connectivity index (χ1v) is 6.20. The SMILES string of the molecule is CC1C(O)C(NCC(=O)O)C(O)C(NCC(=O)O)C1O. The number of carboxylic acid groups (broad SMARTS) is 2. The van der Waals surface area contributed by atoms with Gasteiger partial charge in [-0.1, -0.05) is 6.92 Å². The highest BCUT2D eigenvalue weighted by Crippen LogP contribution is 2.26. The molecule has 0 aromatic heterocycles. The van der Waals surface area contributed by atoms with Gasteiger partial charge in [0.1, 0.15) is 0 Å². The van der Waals surface area contributed by atoms with Gasteiger partial charge in [-0.3, -0.25) is 20.2 Å². The Morgan fingerprint density at radius 2 is 1.20 bits per heavy atom. The third kappa shape index (κ3) is 3.87. The summed E-state index contributed by atoms with van der Waals surface area (Å²) in [4.78, 5) is 21.1. The molecule has 9 heteroatoms. The largest absolute Gasteiger partial charge is 0.480 e. The fourth-order valence-corrected chi connectivity index (χ4v) is 2.38. The Hall–Kier alpha value is -1.26. The standard InChI is InChI=1S/C11H20N2O7/c1-4-9(18)7(12-2-5(14)15)11(20)8(10(4)19)13-3-6(16)17/h4,7-13,18-20H,2-3H2,1H3,(H,14,15)(H,16,17). The van der Waals surface area contributed by atoms with Crippen molar-refractivity contribution < 1.29 is 35.1 Å². The Bertz CT molecular complexity index is 333. The van der Waals surface area contributed by atoms with Crippen LogP contribution in [-0.4, -0.2) is 81.0 Å². The summed E-state index contributed by atoms with van der Waals surface area (Å²) in [5, 5.41) is 52.2. The highest BCUT2D eigenvalue weighted by atomic mass is 16.4. The van der Waals surface area contributed by atoms with Crippen LogP contribution < -0.4 is 10.6 Å². The predicted molar refractivity (Wildman–Crippen MR) is 66.0 cm³/mol. The van der Waals surface area contributed by atoms with E-state index in [-0.39, 0.29) is 0 Å². The summed E-state index contributed by atoms with van der Waals surface area (Å²) in [6, 6.07) is -1.95. The van der Waals surface area contributed by atoms with Crippen molar-refractivity contribution in [3.63, 3.8) is 0 Å². The number of carboxylic acids is 2. The molecule has 0 saturated heterocycles. The van der Waals surface area contributed by atoms with Crippen LogP contribution in [0.15, 0.2) is 0 Å². The molecule has 0 bridgehead atoms. The Balaban J connectivity index is 2.78. The van der Waals surface area contributed by atoms with E-state index in [0.717, 1.165) is 0 Å². The molecule has 0 radical (unpaired) electrons. The van der Waals surface area contributed by atoms with Crippen molar-refractivity contribution in [1.82, 2.24) is 10.6 Å². The lowest BCUT2D eigenvalue weighted by Crippen LogP contribution is -2.69. The van der Waals surface area contributed by atoms with Crippen LogP contribution >= 0.6 is 0 Å². The van der Waals surface area contributed by atoms with E-state index in [9.17, 15) is 24.9 Å². The number of hydrogen-bond acceptors (Lipinski definition) is 7. The zero-order valence-electron chi connectivity index (χ0n) is 10.9. The minimum atomic E-state index is -1.32. The third-order valence-electron chi connectivity index (χ3n) is 3.53. The number of aliphatic hydroxyl groups excluding tert-OH is 3. The first-order valence-electron chi connectivity index (χ1n) is 6.20. The monoisotopic (exact) mass is 292 g/mol. The maximum Gasteiger partial charge on any atom is 0.317 e. The minimum absolute atomic E-state index is 0.465.